The van der Waals surface area contributed by atoms with Crippen molar-refractivity contribution in [3.63, 3.8) is 0 Å². The number of hydrogen-bond acceptors (Lipinski definition) is 7. The molecule has 0 unspecified atom stereocenters. The number of hydrogen-bond donors (Lipinski definition) is 1. The molecule has 0 aliphatic carbocycles. The van der Waals surface area contributed by atoms with Crippen molar-refractivity contribution in [1.82, 2.24) is 15.0 Å². The second-order valence-corrected chi connectivity index (χ2v) is 4.33. The topological polar surface area (TPSA) is 77.2 Å². The first-order valence-electron chi connectivity index (χ1n) is 4.80. The largest absolute Gasteiger partial charge is 0.383 e. The Morgan fingerprint density at radius 3 is 3.06 bits per heavy atom. The number of likely N-dealkylation sites (N-methyl/N-ethyl adjacent to an activating group) is 1. The summed E-state index contributed by atoms with van der Waals surface area (Å²) in [5, 5.41) is 0.492. The van der Waals surface area contributed by atoms with Gasteiger partial charge in [-0.3, -0.25) is 0 Å². The monoisotopic (exact) mass is 239 g/mol. The van der Waals surface area contributed by atoms with Crippen LogP contribution in [0.25, 0.3) is 10.5 Å². The third kappa shape index (κ3) is 2.20. The number of nitrogen functional groups attached to an aromatic ring is 1. The smallest absolute Gasteiger partial charge is 0.191 e. The van der Waals surface area contributed by atoms with Crippen LogP contribution in [0.2, 0.25) is 0 Å². The molecule has 6 nitrogen and oxygen atoms in total. The lowest BCUT2D eigenvalue weighted by Gasteiger charge is -2.16. The van der Waals surface area contributed by atoms with E-state index in [0.717, 1.165) is 17.2 Å². The average molecular weight is 239 g/mol. The van der Waals surface area contributed by atoms with Gasteiger partial charge < -0.3 is 15.4 Å². The van der Waals surface area contributed by atoms with Crippen LogP contribution in [0, 0.1) is 0 Å². The maximum Gasteiger partial charge on any atom is 0.191 e. The molecule has 0 radical (unpaired) electrons. The number of nitrogens with two attached hydrogens (primary N) is 1. The van der Waals surface area contributed by atoms with Gasteiger partial charge in [0.15, 0.2) is 15.6 Å². The minimum atomic E-state index is 0.492. The number of thiazole rings is 1. The molecule has 0 saturated heterocycles. The van der Waals surface area contributed by atoms with E-state index in [1.165, 1.54) is 11.3 Å². The van der Waals surface area contributed by atoms with Gasteiger partial charge in [-0.2, -0.15) is 4.98 Å². The van der Waals surface area contributed by atoms with Gasteiger partial charge in [-0.25, -0.2) is 9.97 Å². The van der Waals surface area contributed by atoms with E-state index in [-0.39, 0.29) is 0 Å². The van der Waals surface area contributed by atoms with Gasteiger partial charge in [-0.15, -0.1) is 0 Å². The van der Waals surface area contributed by atoms with Crippen molar-refractivity contribution in [1.29, 1.82) is 0 Å². The van der Waals surface area contributed by atoms with Crippen LogP contribution in [0.5, 0.6) is 0 Å². The second-order valence-electron chi connectivity index (χ2n) is 3.32. The van der Waals surface area contributed by atoms with E-state index in [9.17, 15) is 0 Å². The molecule has 0 spiro atoms. The maximum absolute atomic E-state index is 5.59. The summed E-state index contributed by atoms with van der Waals surface area (Å²) < 4.78 is 5.01. The molecule has 2 aromatic heterocycles. The van der Waals surface area contributed by atoms with Crippen molar-refractivity contribution < 1.29 is 4.74 Å². The molecule has 2 N–H and O–H groups in total. The van der Waals surface area contributed by atoms with Crippen molar-refractivity contribution in [3.8, 4) is 0 Å². The van der Waals surface area contributed by atoms with Gasteiger partial charge in [0.05, 0.1) is 12.8 Å². The van der Waals surface area contributed by atoms with Gasteiger partial charge in [0.25, 0.3) is 0 Å². The van der Waals surface area contributed by atoms with E-state index < -0.39 is 0 Å². The number of methoxy groups -OCH3 is 1. The number of fused-ring (bicyclic) bond motifs is 1. The highest BCUT2D eigenvalue weighted by Gasteiger charge is 2.07. The highest BCUT2D eigenvalue weighted by molar-refractivity contribution is 7.21. The van der Waals surface area contributed by atoms with Gasteiger partial charge in [0.1, 0.15) is 5.82 Å². The molecular formula is C9H13N5OS. The van der Waals surface area contributed by atoms with Crippen LogP contribution in [0.4, 0.5) is 10.9 Å². The summed E-state index contributed by atoms with van der Waals surface area (Å²) in [6.45, 7) is 1.42. The summed E-state index contributed by atoms with van der Waals surface area (Å²) in [5.74, 6) is 0.799. The lowest BCUT2D eigenvalue weighted by molar-refractivity contribution is 0.206. The summed E-state index contributed by atoms with van der Waals surface area (Å²) in [7, 11) is 3.62. The molecule has 86 valence electrons. The molecule has 0 aliphatic heterocycles. The predicted molar refractivity (Wildman–Crippen MR) is 64.8 cm³/mol. The van der Waals surface area contributed by atoms with Crippen molar-refractivity contribution in [3.05, 3.63) is 6.20 Å². The van der Waals surface area contributed by atoms with E-state index in [1.54, 1.807) is 13.3 Å². The highest BCUT2D eigenvalue weighted by atomic mass is 32.1. The fourth-order valence-electron chi connectivity index (χ4n) is 1.26. The van der Waals surface area contributed by atoms with Crippen LogP contribution in [0.1, 0.15) is 0 Å². The Labute approximate surface area is 97.1 Å². The zero-order valence-electron chi connectivity index (χ0n) is 9.17. The minimum absolute atomic E-state index is 0.492. The van der Waals surface area contributed by atoms with Gasteiger partial charge >= 0.3 is 0 Å². The van der Waals surface area contributed by atoms with E-state index in [4.69, 9.17) is 10.5 Å². The summed E-state index contributed by atoms with van der Waals surface area (Å²) in [6.07, 6.45) is 1.69. The van der Waals surface area contributed by atoms with Crippen LogP contribution >= 0.6 is 11.3 Å². The minimum Gasteiger partial charge on any atom is -0.383 e. The first-order chi connectivity index (χ1) is 7.70. The fraction of sp³-hybridized carbons (Fsp3) is 0.444. The first kappa shape index (κ1) is 11.0. The van der Waals surface area contributed by atoms with Gasteiger partial charge in [0, 0.05) is 20.7 Å². The molecule has 7 heteroatoms. The van der Waals surface area contributed by atoms with Crippen molar-refractivity contribution in [2.45, 2.75) is 0 Å². The van der Waals surface area contributed by atoms with Crippen molar-refractivity contribution in [2.24, 2.45) is 0 Å². The summed E-state index contributed by atoms with van der Waals surface area (Å²) in [6, 6.07) is 0. The summed E-state index contributed by atoms with van der Waals surface area (Å²) in [4.78, 5) is 15.4. The molecule has 0 aromatic carbocycles. The number of anilines is 2. The third-order valence-electron chi connectivity index (χ3n) is 2.15. The number of nitrogens with zero attached hydrogens (tertiary/aromatic N) is 4. The zero-order valence-corrected chi connectivity index (χ0v) is 9.99. The van der Waals surface area contributed by atoms with Crippen molar-refractivity contribution in [2.75, 3.05) is 37.9 Å². The van der Waals surface area contributed by atoms with Crippen molar-refractivity contribution >= 4 is 32.8 Å². The Bertz CT molecular complexity index is 486. The Kier molecular flexibility index (Phi) is 3.16. The summed E-state index contributed by atoms with van der Waals surface area (Å²) >= 11 is 1.34. The van der Waals surface area contributed by atoms with Gasteiger partial charge in [-0.1, -0.05) is 11.3 Å². The number of aromatic nitrogens is 3. The van der Waals surface area contributed by atoms with Gasteiger partial charge in [0.2, 0.25) is 0 Å². The Morgan fingerprint density at radius 1 is 1.50 bits per heavy atom. The van der Waals surface area contributed by atoms with Crippen LogP contribution in [-0.4, -0.2) is 42.3 Å². The quantitative estimate of drug-likeness (QED) is 0.848. The second kappa shape index (κ2) is 4.58. The first-order valence-corrected chi connectivity index (χ1v) is 5.61. The molecule has 0 fully saturated rings. The Balaban J connectivity index is 2.24. The normalized spacial score (nSPS) is 10.9. The van der Waals surface area contributed by atoms with E-state index in [2.05, 4.69) is 15.0 Å². The molecule has 2 heterocycles. The molecule has 0 amide bonds. The molecule has 2 aromatic rings. The SMILES string of the molecule is COCCN(C)c1cnc2nc(N)sc2n1. The summed E-state index contributed by atoms with van der Waals surface area (Å²) in [5.41, 5.74) is 6.19. The highest BCUT2D eigenvalue weighted by Crippen LogP contribution is 2.21. The number of rotatable bonds is 4. The number of ether oxygens (including phenoxy) is 1. The molecule has 0 bridgehead atoms. The van der Waals surface area contributed by atoms with Crippen LogP contribution in [0.3, 0.4) is 0 Å². The average Bonchev–Trinajstić information content (AvgIpc) is 2.64. The van der Waals surface area contributed by atoms with Crippen LogP contribution in [0.15, 0.2) is 6.20 Å². The van der Waals surface area contributed by atoms with E-state index >= 15 is 0 Å². The van der Waals surface area contributed by atoms with Crippen LogP contribution in [-0.2, 0) is 4.74 Å². The maximum atomic E-state index is 5.59. The van der Waals surface area contributed by atoms with E-state index in [0.29, 0.717) is 17.4 Å². The molecule has 0 atom stereocenters. The van der Waals surface area contributed by atoms with Gasteiger partial charge in [-0.05, 0) is 0 Å². The molecule has 0 saturated carbocycles. The van der Waals surface area contributed by atoms with E-state index in [1.807, 2.05) is 11.9 Å². The lowest BCUT2D eigenvalue weighted by atomic mass is 10.5. The molecule has 0 aliphatic rings. The Hall–Kier alpha value is -1.47. The predicted octanol–water partition coefficient (Wildman–Crippen LogP) is 0.751. The zero-order chi connectivity index (χ0) is 11.5. The third-order valence-corrected chi connectivity index (χ3v) is 2.92. The van der Waals surface area contributed by atoms with Crippen LogP contribution < -0.4 is 10.6 Å². The molecule has 16 heavy (non-hydrogen) atoms. The molecule has 2 rings (SSSR count). The lowest BCUT2D eigenvalue weighted by Crippen LogP contribution is -2.23. The standard InChI is InChI=1S/C9H13N5OS/c1-14(3-4-15-2)6-5-11-7-8(12-6)16-9(10)13-7/h5H,3-4H2,1-2H3,(H2,10,11,13). The molecular weight excluding hydrogens is 226 g/mol. The Morgan fingerprint density at radius 2 is 2.31 bits per heavy atom. The fourth-order valence-corrected chi connectivity index (χ4v) is 1.91.